The van der Waals surface area contributed by atoms with Gasteiger partial charge in [-0.1, -0.05) is 18.2 Å². The Kier molecular flexibility index (Phi) is 4.67. The van der Waals surface area contributed by atoms with Crippen LogP contribution in [-0.2, 0) is 0 Å². The highest BCUT2D eigenvalue weighted by Crippen LogP contribution is 2.31. The molecule has 8 heteroatoms. The van der Waals surface area contributed by atoms with Crippen molar-refractivity contribution in [2.75, 3.05) is 26.2 Å². The second-order valence-corrected chi connectivity index (χ2v) is 7.43. The highest BCUT2D eigenvalue weighted by molar-refractivity contribution is 5.74. The van der Waals surface area contributed by atoms with E-state index in [9.17, 15) is 4.79 Å². The van der Waals surface area contributed by atoms with Crippen LogP contribution >= 0.6 is 0 Å². The predicted octanol–water partition coefficient (Wildman–Crippen LogP) is 2.46. The van der Waals surface area contributed by atoms with Crippen LogP contribution in [0.5, 0.6) is 11.5 Å². The average Bonchev–Trinajstić information content (AvgIpc) is 3.21. The zero-order chi connectivity index (χ0) is 19.6. The number of ether oxygens (including phenoxy) is 2. The number of piperidine rings is 1. The van der Waals surface area contributed by atoms with Gasteiger partial charge in [0.2, 0.25) is 0 Å². The molecular formula is C21H23N5O3. The highest BCUT2D eigenvalue weighted by Gasteiger charge is 2.28. The summed E-state index contributed by atoms with van der Waals surface area (Å²) >= 11 is 0. The van der Waals surface area contributed by atoms with Crippen molar-refractivity contribution in [2.45, 2.75) is 24.9 Å². The molecule has 1 saturated heterocycles. The van der Waals surface area contributed by atoms with Crippen molar-refractivity contribution < 1.29 is 14.3 Å². The molecule has 29 heavy (non-hydrogen) atoms. The molecule has 150 valence electrons. The van der Waals surface area contributed by atoms with Gasteiger partial charge in [0.25, 0.3) is 0 Å². The number of nitrogens with zero attached hydrogens (tertiary/aromatic N) is 4. The lowest BCUT2D eigenvalue weighted by Gasteiger charge is -2.32. The number of hydrogen-bond acceptors (Lipinski definition) is 5. The third-order valence-electron chi connectivity index (χ3n) is 5.54. The zero-order valence-electron chi connectivity index (χ0n) is 16.0. The van der Waals surface area contributed by atoms with E-state index in [-0.39, 0.29) is 12.1 Å². The Bertz CT molecular complexity index is 1010. The molecule has 0 aliphatic carbocycles. The van der Waals surface area contributed by atoms with Crippen LogP contribution in [0, 0.1) is 0 Å². The number of nitrogens with one attached hydrogen (secondary N) is 1. The normalized spacial score (nSPS) is 19.3. The van der Waals surface area contributed by atoms with Crippen molar-refractivity contribution >= 4 is 11.7 Å². The van der Waals surface area contributed by atoms with Gasteiger partial charge in [-0.15, -0.1) is 10.2 Å². The summed E-state index contributed by atoms with van der Waals surface area (Å²) < 4.78 is 13.6. The van der Waals surface area contributed by atoms with Gasteiger partial charge in [0.05, 0.1) is 6.54 Å². The molecule has 0 radical (unpaired) electrons. The fourth-order valence-corrected chi connectivity index (χ4v) is 3.96. The Labute approximate surface area is 168 Å². The first kappa shape index (κ1) is 17.8. The van der Waals surface area contributed by atoms with E-state index < -0.39 is 0 Å². The van der Waals surface area contributed by atoms with Crippen molar-refractivity contribution in [1.29, 1.82) is 0 Å². The van der Waals surface area contributed by atoms with Crippen LogP contribution in [0.2, 0.25) is 0 Å². The minimum absolute atomic E-state index is 0.0583. The Morgan fingerprint density at radius 1 is 1.07 bits per heavy atom. The molecule has 8 nitrogen and oxygen atoms in total. The number of fused-ring (bicyclic) bond motifs is 2. The molecule has 1 aromatic carbocycles. The number of para-hydroxylation sites is 2. The first-order valence-corrected chi connectivity index (χ1v) is 9.99. The zero-order valence-corrected chi connectivity index (χ0v) is 16.0. The van der Waals surface area contributed by atoms with Crippen LogP contribution in [0.3, 0.4) is 0 Å². The number of hydrogen-bond donors (Lipinski definition) is 1. The predicted molar refractivity (Wildman–Crippen MR) is 106 cm³/mol. The van der Waals surface area contributed by atoms with E-state index in [1.165, 1.54) is 0 Å². The van der Waals surface area contributed by atoms with Gasteiger partial charge in [-0.2, -0.15) is 0 Å². The van der Waals surface area contributed by atoms with Gasteiger partial charge >= 0.3 is 6.03 Å². The van der Waals surface area contributed by atoms with E-state index in [0.717, 1.165) is 35.8 Å². The molecule has 0 bridgehead atoms. The van der Waals surface area contributed by atoms with Gasteiger partial charge in [-0.3, -0.25) is 4.40 Å². The number of aromatic nitrogens is 3. The number of amides is 2. The van der Waals surface area contributed by atoms with E-state index in [4.69, 9.17) is 9.47 Å². The SMILES string of the molecule is O=C(NCC1COc2ccccc2O1)N1CCC(c2nnc3ccccn23)CC1. The third-order valence-corrected chi connectivity index (χ3v) is 5.54. The van der Waals surface area contributed by atoms with Gasteiger partial charge in [-0.25, -0.2) is 4.79 Å². The first-order chi connectivity index (χ1) is 14.3. The van der Waals surface area contributed by atoms with Gasteiger partial charge in [0.1, 0.15) is 12.4 Å². The van der Waals surface area contributed by atoms with Crippen LogP contribution in [-0.4, -0.2) is 57.9 Å². The Morgan fingerprint density at radius 3 is 2.72 bits per heavy atom. The molecule has 1 unspecified atom stereocenters. The topological polar surface area (TPSA) is 81.0 Å². The second-order valence-electron chi connectivity index (χ2n) is 7.43. The van der Waals surface area contributed by atoms with Crippen molar-refractivity contribution in [3.05, 3.63) is 54.5 Å². The van der Waals surface area contributed by atoms with Gasteiger partial charge in [0.15, 0.2) is 23.3 Å². The van der Waals surface area contributed by atoms with E-state index in [1.54, 1.807) is 0 Å². The maximum Gasteiger partial charge on any atom is 0.317 e. The lowest BCUT2D eigenvalue weighted by molar-refractivity contribution is 0.0895. The largest absolute Gasteiger partial charge is 0.486 e. The number of carbonyl (C=O) groups is 1. The van der Waals surface area contributed by atoms with E-state index in [1.807, 2.05) is 58.0 Å². The molecule has 3 aromatic rings. The fraction of sp³-hybridized carbons (Fsp3) is 0.381. The Balaban J connectivity index is 1.13. The summed E-state index contributed by atoms with van der Waals surface area (Å²) in [5.41, 5.74) is 0.860. The van der Waals surface area contributed by atoms with Crippen LogP contribution in [0.1, 0.15) is 24.6 Å². The molecule has 1 fully saturated rings. The minimum Gasteiger partial charge on any atom is -0.486 e. The summed E-state index contributed by atoms with van der Waals surface area (Å²) in [6.07, 6.45) is 3.56. The van der Waals surface area contributed by atoms with Crippen molar-refractivity contribution in [3.8, 4) is 11.5 Å². The summed E-state index contributed by atoms with van der Waals surface area (Å²) in [5.74, 6) is 2.76. The maximum atomic E-state index is 12.6. The van der Waals surface area contributed by atoms with E-state index in [0.29, 0.717) is 32.2 Å². The molecule has 0 spiro atoms. The maximum absolute atomic E-state index is 12.6. The average molecular weight is 393 g/mol. The van der Waals surface area contributed by atoms with Crippen LogP contribution in [0.15, 0.2) is 48.7 Å². The third kappa shape index (κ3) is 3.57. The first-order valence-electron chi connectivity index (χ1n) is 9.99. The lowest BCUT2D eigenvalue weighted by atomic mass is 9.96. The standard InChI is InChI=1S/C21H23N5O3/c27-21(22-13-16-14-28-17-5-1-2-6-18(17)29-16)25-11-8-15(9-12-25)20-24-23-19-7-3-4-10-26(19)20/h1-7,10,15-16H,8-9,11-14H2,(H,22,27). The summed E-state index contributed by atoms with van der Waals surface area (Å²) in [5, 5.41) is 11.6. The molecule has 1 N–H and O–H groups in total. The molecule has 2 aromatic heterocycles. The molecule has 2 aliphatic rings. The second kappa shape index (κ2) is 7.62. The van der Waals surface area contributed by atoms with Gasteiger partial charge in [0, 0.05) is 25.2 Å². The van der Waals surface area contributed by atoms with E-state index >= 15 is 0 Å². The quantitative estimate of drug-likeness (QED) is 0.739. The molecule has 2 aliphatic heterocycles. The van der Waals surface area contributed by atoms with Crippen molar-refractivity contribution in [3.63, 3.8) is 0 Å². The van der Waals surface area contributed by atoms with Crippen molar-refractivity contribution in [2.24, 2.45) is 0 Å². The smallest absolute Gasteiger partial charge is 0.317 e. The number of likely N-dealkylation sites (tertiary alicyclic amines) is 1. The number of urea groups is 1. The number of benzene rings is 1. The van der Waals surface area contributed by atoms with Gasteiger partial charge < -0.3 is 19.7 Å². The minimum atomic E-state index is -0.186. The molecule has 1 atom stereocenters. The summed E-state index contributed by atoms with van der Waals surface area (Å²) in [7, 11) is 0. The summed E-state index contributed by atoms with van der Waals surface area (Å²) in [6, 6.07) is 13.4. The van der Waals surface area contributed by atoms with Crippen LogP contribution in [0.4, 0.5) is 4.79 Å². The fourth-order valence-electron chi connectivity index (χ4n) is 3.96. The number of pyridine rings is 1. The van der Waals surface area contributed by atoms with Crippen LogP contribution in [0.25, 0.3) is 5.65 Å². The highest BCUT2D eigenvalue weighted by atomic mass is 16.6. The molecule has 0 saturated carbocycles. The molecular weight excluding hydrogens is 370 g/mol. The summed E-state index contributed by atoms with van der Waals surface area (Å²) in [4.78, 5) is 14.4. The molecule has 2 amide bonds. The van der Waals surface area contributed by atoms with Crippen molar-refractivity contribution in [1.82, 2.24) is 24.8 Å². The van der Waals surface area contributed by atoms with Crippen LogP contribution < -0.4 is 14.8 Å². The van der Waals surface area contributed by atoms with E-state index in [2.05, 4.69) is 15.5 Å². The lowest BCUT2D eigenvalue weighted by Crippen LogP contribution is -2.48. The number of rotatable bonds is 3. The molecule has 4 heterocycles. The number of carbonyl (C=O) groups excluding carboxylic acids is 1. The monoisotopic (exact) mass is 393 g/mol. The Hall–Kier alpha value is -3.29. The molecule has 5 rings (SSSR count). The Morgan fingerprint density at radius 2 is 1.86 bits per heavy atom. The van der Waals surface area contributed by atoms with Gasteiger partial charge in [-0.05, 0) is 37.1 Å². The summed E-state index contributed by atoms with van der Waals surface area (Å²) in [6.45, 7) is 2.24.